The highest BCUT2D eigenvalue weighted by Crippen LogP contribution is 2.15. The molecule has 0 radical (unpaired) electrons. The molecule has 72 valence electrons. The van der Waals surface area contributed by atoms with Gasteiger partial charge in [-0.25, -0.2) is 10.2 Å². The molecule has 1 unspecified atom stereocenters. The van der Waals surface area contributed by atoms with Crippen LogP contribution in [0.25, 0.3) is 0 Å². The molecule has 4 heteroatoms. The van der Waals surface area contributed by atoms with Crippen molar-refractivity contribution < 1.29 is 9.53 Å². The average Bonchev–Trinajstić information content (AvgIpc) is 2.19. The number of rotatable bonds is 2. The first kappa shape index (κ1) is 9.77. The van der Waals surface area contributed by atoms with Crippen LogP contribution in [0.2, 0.25) is 0 Å². The third-order valence-electron chi connectivity index (χ3n) is 1.94. The van der Waals surface area contributed by atoms with Crippen molar-refractivity contribution in [2.75, 3.05) is 7.11 Å². The van der Waals surface area contributed by atoms with Crippen molar-refractivity contribution >= 4 is 12.3 Å². The van der Waals surface area contributed by atoms with Crippen molar-refractivity contribution in [2.45, 2.75) is 19.3 Å². The number of hydrazone groups is 1. The molecule has 1 N–H and O–H groups in total. The molecule has 0 aromatic carbocycles. The molecular formula is C9H14N2O2. The summed E-state index contributed by atoms with van der Waals surface area (Å²) in [6, 6.07) is 0. The maximum absolute atomic E-state index is 10.6. The van der Waals surface area contributed by atoms with E-state index < -0.39 is 6.09 Å². The van der Waals surface area contributed by atoms with Gasteiger partial charge in [0.15, 0.2) is 0 Å². The Morgan fingerprint density at radius 1 is 1.69 bits per heavy atom. The van der Waals surface area contributed by atoms with E-state index in [2.05, 4.69) is 27.4 Å². The second-order valence-corrected chi connectivity index (χ2v) is 2.93. The van der Waals surface area contributed by atoms with Gasteiger partial charge in [-0.1, -0.05) is 12.2 Å². The summed E-state index contributed by atoms with van der Waals surface area (Å²) >= 11 is 0. The lowest BCUT2D eigenvalue weighted by molar-refractivity contribution is 0.171. The molecule has 1 aliphatic carbocycles. The minimum absolute atomic E-state index is 0.446. The zero-order chi connectivity index (χ0) is 9.52. The molecule has 4 nitrogen and oxygen atoms in total. The van der Waals surface area contributed by atoms with Gasteiger partial charge in [-0.15, -0.1) is 0 Å². The number of hydrogen-bond acceptors (Lipinski definition) is 3. The monoisotopic (exact) mass is 182 g/mol. The standard InChI is InChI=1S/C9H14N2O2/c1-13-9(12)11-10-7-8-5-3-2-4-6-8/h2-3,7-8H,4-6H2,1H3,(H,11,12)/b10-7+. The van der Waals surface area contributed by atoms with E-state index >= 15 is 0 Å². The first-order valence-corrected chi connectivity index (χ1v) is 4.35. The Hall–Kier alpha value is -1.32. The van der Waals surface area contributed by atoms with E-state index in [0.29, 0.717) is 5.92 Å². The lowest BCUT2D eigenvalue weighted by Gasteiger charge is -2.11. The summed E-state index contributed by atoms with van der Waals surface area (Å²) in [6.45, 7) is 0. The summed E-state index contributed by atoms with van der Waals surface area (Å²) < 4.78 is 4.36. The van der Waals surface area contributed by atoms with E-state index in [9.17, 15) is 4.79 Å². The smallest absolute Gasteiger partial charge is 0.427 e. The quantitative estimate of drug-likeness (QED) is 0.401. The molecule has 0 heterocycles. The Labute approximate surface area is 77.7 Å². The van der Waals surface area contributed by atoms with Crippen molar-refractivity contribution in [3.63, 3.8) is 0 Å². The summed E-state index contributed by atoms with van der Waals surface area (Å²) in [6.07, 6.45) is 8.74. The maximum atomic E-state index is 10.6. The van der Waals surface area contributed by atoms with E-state index in [0.717, 1.165) is 19.3 Å². The van der Waals surface area contributed by atoms with Crippen LogP contribution in [0, 0.1) is 5.92 Å². The minimum Gasteiger partial charge on any atom is -0.452 e. The Morgan fingerprint density at radius 2 is 2.54 bits per heavy atom. The van der Waals surface area contributed by atoms with Crippen molar-refractivity contribution in [1.82, 2.24) is 5.43 Å². The number of carbonyl (C=O) groups excluding carboxylic acids is 1. The number of nitrogens with zero attached hydrogens (tertiary/aromatic N) is 1. The van der Waals surface area contributed by atoms with E-state index in [-0.39, 0.29) is 0 Å². The first-order chi connectivity index (χ1) is 6.33. The Balaban J connectivity index is 2.23. The summed E-state index contributed by atoms with van der Waals surface area (Å²) in [5, 5.41) is 3.78. The van der Waals surface area contributed by atoms with Gasteiger partial charge in [-0.2, -0.15) is 5.10 Å². The zero-order valence-electron chi connectivity index (χ0n) is 7.69. The van der Waals surface area contributed by atoms with E-state index in [1.807, 2.05) is 0 Å². The fourth-order valence-corrected chi connectivity index (χ4v) is 1.19. The predicted octanol–water partition coefficient (Wildman–Crippen LogP) is 1.68. The van der Waals surface area contributed by atoms with Gasteiger partial charge < -0.3 is 4.74 Å². The van der Waals surface area contributed by atoms with E-state index in [1.165, 1.54) is 7.11 Å². The second-order valence-electron chi connectivity index (χ2n) is 2.93. The Morgan fingerprint density at radius 3 is 3.15 bits per heavy atom. The molecule has 0 bridgehead atoms. The molecule has 13 heavy (non-hydrogen) atoms. The number of methoxy groups -OCH3 is 1. The van der Waals surface area contributed by atoms with Crippen LogP contribution in [0.15, 0.2) is 17.3 Å². The van der Waals surface area contributed by atoms with Gasteiger partial charge >= 0.3 is 6.09 Å². The zero-order valence-corrected chi connectivity index (χ0v) is 7.69. The van der Waals surface area contributed by atoms with Crippen LogP contribution >= 0.6 is 0 Å². The fourth-order valence-electron chi connectivity index (χ4n) is 1.19. The van der Waals surface area contributed by atoms with E-state index in [4.69, 9.17) is 0 Å². The number of allylic oxidation sites excluding steroid dienone is 2. The average molecular weight is 182 g/mol. The van der Waals surface area contributed by atoms with Gasteiger partial charge in [0.2, 0.25) is 0 Å². The van der Waals surface area contributed by atoms with Gasteiger partial charge in [-0.3, -0.25) is 0 Å². The van der Waals surface area contributed by atoms with Crippen LogP contribution in [0.4, 0.5) is 4.79 Å². The summed E-state index contributed by atoms with van der Waals surface area (Å²) in [4.78, 5) is 10.6. The molecule has 1 aliphatic rings. The first-order valence-electron chi connectivity index (χ1n) is 4.35. The van der Waals surface area contributed by atoms with Gasteiger partial charge in [0.05, 0.1) is 7.11 Å². The number of carbonyl (C=O) groups is 1. The molecule has 0 saturated carbocycles. The lowest BCUT2D eigenvalue weighted by atomic mass is 9.96. The molecular weight excluding hydrogens is 168 g/mol. The highest BCUT2D eigenvalue weighted by Gasteiger charge is 2.06. The molecule has 1 atom stereocenters. The van der Waals surface area contributed by atoms with Crippen molar-refractivity contribution in [2.24, 2.45) is 11.0 Å². The van der Waals surface area contributed by atoms with Crippen LogP contribution in [-0.2, 0) is 4.74 Å². The molecule has 0 aliphatic heterocycles. The third kappa shape index (κ3) is 3.73. The van der Waals surface area contributed by atoms with E-state index in [1.54, 1.807) is 6.21 Å². The second kappa shape index (κ2) is 5.35. The lowest BCUT2D eigenvalue weighted by Crippen LogP contribution is -2.18. The maximum Gasteiger partial charge on any atom is 0.427 e. The molecule has 0 fully saturated rings. The van der Waals surface area contributed by atoms with Gasteiger partial charge in [0.1, 0.15) is 0 Å². The molecule has 1 amide bonds. The van der Waals surface area contributed by atoms with Crippen molar-refractivity contribution in [3.8, 4) is 0 Å². The van der Waals surface area contributed by atoms with Crippen LogP contribution in [-0.4, -0.2) is 19.4 Å². The SMILES string of the molecule is COC(=O)N/N=C/C1CC=CCC1. The van der Waals surface area contributed by atoms with Crippen LogP contribution in [0.1, 0.15) is 19.3 Å². The normalized spacial score (nSPS) is 21.8. The summed E-state index contributed by atoms with van der Waals surface area (Å²) in [5.74, 6) is 0.446. The molecule has 0 aromatic heterocycles. The molecule has 0 spiro atoms. The van der Waals surface area contributed by atoms with Gasteiger partial charge in [0.25, 0.3) is 0 Å². The summed E-state index contributed by atoms with van der Waals surface area (Å²) in [5.41, 5.74) is 2.26. The largest absolute Gasteiger partial charge is 0.452 e. The van der Waals surface area contributed by atoms with Crippen LogP contribution < -0.4 is 5.43 Å². The van der Waals surface area contributed by atoms with Crippen molar-refractivity contribution in [1.29, 1.82) is 0 Å². The van der Waals surface area contributed by atoms with Gasteiger partial charge in [0, 0.05) is 6.21 Å². The fraction of sp³-hybridized carbons (Fsp3) is 0.556. The number of hydrogen-bond donors (Lipinski definition) is 1. The molecule has 0 aromatic rings. The number of nitrogens with one attached hydrogen (secondary N) is 1. The molecule has 0 saturated heterocycles. The Kier molecular flexibility index (Phi) is 4.02. The number of ether oxygens (including phenoxy) is 1. The molecule has 1 rings (SSSR count). The number of amides is 1. The predicted molar refractivity (Wildman–Crippen MR) is 50.5 cm³/mol. The van der Waals surface area contributed by atoms with Crippen LogP contribution in [0.5, 0.6) is 0 Å². The minimum atomic E-state index is -0.525. The Bertz CT molecular complexity index is 224. The van der Waals surface area contributed by atoms with Crippen molar-refractivity contribution in [3.05, 3.63) is 12.2 Å². The highest BCUT2D eigenvalue weighted by molar-refractivity contribution is 5.69. The third-order valence-corrected chi connectivity index (χ3v) is 1.94. The van der Waals surface area contributed by atoms with Crippen LogP contribution in [0.3, 0.4) is 0 Å². The topological polar surface area (TPSA) is 50.7 Å². The highest BCUT2D eigenvalue weighted by atomic mass is 16.5. The summed E-state index contributed by atoms with van der Waals surface area (Å²) in [7, 11) is 1.31. The van der Waals surface area contributed by atoms with Gasteiger partial charge in [-0.05, 0) is 25.2 Å².